The van der Waals surface area contributed by atoms with Crippen LogP contribution in [0.25, 0.3) is 16.9 Å². The molecule has 0 radical (unpaired) electrons. The average molecular weight is 317 g/mol. The number of imidazole rings is 1. The smallest absolute Gasteiger partial charge is 0.153 e. The van der Waals surface area contributed by atoms with E-state index in [-0.39, 0.29) is 0 Å². The summed E-state index contributed by atoms with van der Waals surface area (Å²) in [6, 6.07) is 12.0. The van der Waals surface area contributed by atoms with Crippen molar-refractivity contribution in [3.05, 3.63) is 52.8 Å². The first kappa shape index (κ1) is 12.3. The Hall–Kier alpha value is -1.72. The normalized spacial score (nSPS) is 11.1. The molecule has 4 nitrogen and oxygen atoms in total. The maximum Gasteiger partial charge on any atom is 0.153 e. The zero-order chi connectivity index (χ0) is 13.2. The van der Waals surface area contributed by atoms with E-state index in [4.69, 9.17) is 5.73 Å². The highest BCUT2D eigenvalue weighted by Gasteiger charge is 2.07. The van der Waals surface area contributed by atoms with Crippen molar-refractivity contribution in [3.63, 3.8) is 0 Å². The van der Waals surface area contributed by atoms with Crippen molar-refractivity contribution in [2.45, 2.75) is 6.42 Å². The first-order chi connectivity index (χ1) is 9.28. The Kier molecular flexibility index (Phi) is 3.31. The summed E-state index contributed by atoms with van der Waals surface area (Å²) in [5.74, 6) is 0. The SMILES string of the molecule is NCCc1cn2nc(-c3ccccc3Br)ccc2n1. The lowest BCUT2D eigenvalue weighted by Crippen LogP contribution is -2.02. The van der Waals surface area contributed by atoms with E-state index >= 15 is 0 Å². The minimum Gasteiger partial charge on any atom is -0.330 e. The second-order valence-electron chi connectivity index (χ2n) is 4.27. The molecule has 0 aliphatic rings. The lowest BCUT2D eigenvalue weighted by Gasteiger charge is -2.03. The van der Waals surface area contributed by atoms with Gasteiger partial charge >= 0.3 is 0 Å². The monoisotopic (exact) mass is 316 g/mol. The molecule has 0 atom stereocenters. The summed E-state index contributed by atoms with van der Waals surface area (Å²) in [5.41, 5.74) is 9.35. The molecule has 0 unspecified atom stereocenters. The number of hydrogen-bond donors (Lipinski definition) is 1. The highest BCUT2D eigenvalue weighted by atomic mass is 79.9. The molecule has 19 heavy (non-hydrogen) atoms. The van der Waals surface area contributed by atoms with Crippen LogP contribution >= 0.6 is 15.9 Å². The number of nitrogens with zero attached hydrogens (tertiary/aromatic N) is 3. The molecule has 0 saturated carbocycles. The fourth-order valence-electron chi connectivity index (χ4n) is 2.01. The summed E-state index contributed by atoms with van der Waals surface area (Å²) >= 11 is 3.55. The molecule has 0 saturated heterocycles. The second kappa shape index (κ2) is 5.11. The summed E-state index contributed by atoms with van der Waals surface area (Å²) in [6.07, 6.45) is 2.70. The van der Waals surface area contributed by atoms with Gasteiger partial charge in [0, 0.05) is 16.5 Å². The standard InChI is InChI=1S/C14H13BrN4/c15-12-4-2-1-3-11(12)13-5-6-14-17-10(7-8-16)9-19(14)18-13/h1-6,9H,7-8,16H2. The van der Waals surface area contributed by atoms with Gasteiger partial charge in [0.25, 0.3) is 0 Å². The minimum atomic E-state index is 0.598. The van der Waals surface area contributed by atoms with Gasteiger partial charge in [0.15, 0.2) is 5.65 Å². The topological polar surface area (TPSA) is 56.2 Å². The fourth-order valence-corrected chi connectivity index (χ4v) is 2.50. The third-order valence-corrected chi connectivity index (χ3v) is 3.61. The van der Waals surface area contributed by atoms with Crippen molar-refractivity contribution in [2.75, 3.05) is 6.54 Å². The van der Waals surface area contributed by atoms with Crippen LogP contribution in [-0.2, 0) is 6.42 Å². The van der Waals surface area contributed by atoms with Crippen LogP contribution in [0.15, 0.2) is 47.1 Å². The molecule has 3 aromatic rings. The van der Waals surface area contributed by atoms with Gasteiger partial charge in [-0.2, -0.15) is 5.10 Å². The summed E-state index contributed by atoms with van der Waals surface area (Å²) in [4.78, 5) is 4.47. The van der Waals surface area contributed by atoms with Crippen LogP contribution in [-0.4, -0.2) is 21.1 Å². The molecule has 3 rings (SSSR count). The van der Waals surface area contributed by atoms with Crippen LogP contribution in [0, 0.1) is 0 Å². The zero-order valence-electron chi connectivity index (χ0n) is 10.3. The van der Waals surface area contributed by atoms with Gasteiger partial charge in [0.1, 0.15) is 0 Å². The molecular formula is C14H13BrN4. The highest BCUT2D eigenvalue weighted by Crippen LogP contribution is 2.26. The molecule has 0 aliphatic carbocycles. The molecule has 1 aromatic carbocycles. The number of nitrogens with two attached hydrogens (primary N) is 1. The summed E-state index contributed by atoms with van der Waals surface area (Å²) in [5, 5.41) is 4.59. The summed E-state index contributed by atoms with van der Waals surface area (Å²) in [6.45, 7) is 0.598. The van der Waals surface area contributed by atoms with Crippen LogP contribution in [0.3, 0.4) is 0 Å². The van der Waals surface area contributed by atoms with Gasteiger partial charge in [-0.1, -0.05) is 34.1 Å². The maximum atomic E-state index is 5.55. The predicted molar refractivity (Wildman–Crippen MR) is 78.9 cm³/mol. The van der Waals surface area contributed by atoms with Crippen LogP contribution < -0.4 is 5.73 Å². The Labute approximate surface area is 119 Å². The number of fused-ring (bicyclic) bond motifs is 1. The van der Waals surface area contributed by atoms with Crippen molar-refractivity contribution in [1.29, 1.82) is 0 Å². The Morgan fingerprint density at radius 1 is 1.16 bits per heavy atom. The first-order valence-corrected chi connectivity index (χ1v) is 6.87. The van der Waals surface area contributed by atoms with E-state index in [2.05, 4.69) is 26.0 Å². The van der Waals surface area contributed by atoms with Gasteiger partial charge < -0.3 is 5.73 Å². The van der Waals surface area contributed by atoms with Crippen LogP contribution in [0.4, 0.5) is 0 Å². The van der Waals surface area contributed by atoms with E-state index in [0.29, 0.717) is 6.54 Å². The largest absolute Gasteiger partial charge is 0.330 e. The van der Waals surface area contributed by atoms with Crippen molar-refractivity contribution >= 4 is 21.6 Å². The Bertz CT molecular complexity index is 720. The lowest BCUT2D eigenvalue weighted by molar-refractivity contribution is 0.917. The quantitative estimate of drug-likeness (QED) is 0.808. The number of halogens is 1. The molecular weight excluding hydrogens is 304 g/mol. The molecule has 96 valence electrons. The van der Waals surface area contributed by atoms with Gasteiger partial charge in [-0.15, -0.1) is 0 Å². The summed E-state index contributed by atoms with van der Waals surface area (Å²) < 4.78 is 2.84. The molecule has 0 spiro atoms. The van der Waals surface area contributed by atoms with Crippen LogP contribution in [0.5, 0.6) is 0 Å². The minimum absolute atomic E-state index is 0.598. The van der Waals surface area contributed by atoms with E-state index in [1.807, 2.05) is 42.6 Å². The Balaban J connectivity index is 2.08. The maximum absolute atomic E-state index is 5.55. The number of hydrogen-bond acceptors (Lipinski definition) is 3. The van der Waals surface area contributed by atoms with E-state index in [1.165, 1.54) is 0 Å². The van der Waals surface area contributed by atoms with Gasteiger partial charge in [-0.05, 0) is 24.7 Å². The fraction of sp³-hybridized carbons (Fsp3) is 0.143. The van der Waals surface area contributed by atoms with Crippen molar-refractivity contribution < 1.29 is 0 Å². The van der Waals surface area contributed by atoms with Crippen molar-refractivity contribution in [3.8, 4) is 11.3 Å². The third kappa shape index (κ3) is 2.39. The number of rotatable bonds is 3. The molecule has 0 bridgehead atoms. The number of benzene rings is 1. The molecule has 0 amide bonds. The van der Waals surface area contributed by atoms with E-state index in [1.54, 1.807) is 4.52 Å². The van der Waals surface area contributed by atoms with Gasteiger partial charge in [-0.3, -0.25) is 0 Å². The van der Waals surface area contributed by atoms with E-state index < -0.39 is 0 Å². The number of aromatic nitrogens is 3. The third-order valence-electron chi connectivity index (χ3n) is 2.92. The Morgan fingerprint density at radius 3 is 2.79 bits per heavy atom. The van der Waals surface area contributed by atoms with Gasteiger partial charge in [0.2, 0.25) is 0 Å². The molecule has 2 aromatic heterocycles. The molecule has 2 N–H and O–H groups in total. The Morgan fingerprint density at radius 2 is 2.00 bits per heavy atom. The second-order valence-corrected chi connectivity index (χ2v) is 5.13. The zero-order valence-corrected chi connectivity index (χ0v) is 11.8. The van der Waals surface area contributed by atoms with E-state index in [0.717, 1.165) is 33.5 Å². The van der Waals surface area contributed by atoms with Gasteiger partial charge in [-0.25, -0.2) is 9.50 Å². The van der Waals surface area contributed by atoms with Crippen LogP contribution in [0.1, 0.15) is 5.69 Å². The highest BCUT2D eigenvalue weighted by molar-refractivity contribution is 9.10. The lowest BCUT2D eigenvalue weighted by atomic mass is 10.1. The average Bonchev–Trinajstić information content (AvgIpc) is 2.81. The molecule has 0 fully saturated rings. The van der Waals surface area contributed by atoms with Crippen molar-refractivity contribution in [1.82, 2.24) is 14.6 Å². The molecule has 5 heteroatoms. The van der Waals surface area contributed by atoms with E-state index in [9.17, 15) is 0 Å². The molecule has 0 aliphatic heterocycles. The first-order valence-electron chi connectivity index (χ1n) is 6.08. The molecule has 2 heterocycles. The van der Waals surface area contributed by atoms with Crippen molar-refractivity contribution in [2.24, 2.45) is 5.73 Å². The van der Waals surface area contributed by atoms with Gasteiger partial charge in [0.05, 0.1) is 17.6 Å². The predicted octanol–water partition coefficient (Wildman–Crippen LogP) is 2.66. The summed E-state index contributed by atoms with van der Waals surface area (Å²) in [7, 11) is 0. The van der Waals surface area contributed by atoms with Crippen LogP contribution in [0.2, 0.25) is 0 Å².